The van der Waals surface area contributed by atoms with Crippen LogP contribution in [0, 0.1) is 5.92 Å². The van der Waals surface area contributed by atoms with Gasteiger partial charge in [0.05, 0.1) is 11.9 Å². The van der Waals surface area contributed by atoms with Gasteiger partial charge in [0.1, 0.15) is 23.8 Å². The van der Waals surface area contributed by atoms with E-state index in [0.717, 1.165) is 35.2 Å². The van der Waals surface area contributed by atoms with Gasteiger partial charge in [-0.1, -0.05) is 37.3 Å². The van der Waals surface area contributed by atoms with Gasteiger partial charge in [-0.05, 0) is 50.4 Å². The quantitative estimate of drug-likeness (QED) is 0.567. The summed E-state index contributed by atoms with van der Waals surface area (Å²) in [5.74, 6) is 0.794. The number of aryl methyl sites for hydroxylation is 1. The van der Waals surface area contributed by atoms with Gasteiger partial charge in [-0.25, -0.2) is 4.98 Å². The van der Waals surface area contributed by atoms with E-state index < -0.39 is 5.97 Å². The van der Waals surface area contributed by atoms with Crippen molar-refractivity contribution in [1.29, 1.82) is 0 Å². The van der Waals surface area contributed by atoms with E-state index in [1.54, 1.807) is 11.3 Å². The number of hydrogen-bond acceptors (Lipinski definition) is 6. The van der Waals surface area contributed by atoms with Crippen molar-refractivity contribution in [1.82, 2.24) is 14.5 Å². The third-order valence-electron chi connectivity index (χ3n) is 5.48. The molecule has 1 aliphatic rings. The zero-order valence-corrected chi connectivity index (χ0v) is 18.5. The Morgan fingerprint density at radius 3 is 2.80 bits per heavy atom. The Bertz CT molecular complexity index is 1120. The highest BCUT2D eigenvalue weighted by molar-refractivity contribution is 7.18. The molecular weight excluding hydrogens is 398 g/mol. The van der Waals surface area contributed by atoms with Gasteiger partial charge in [-0.15, -0.1) is 11.3 Å². The molecule has 1 atom stereocenters. The molecule has 7 heteroatoms. The van der Waals surface area contributed by atoms with Gasteiger partial charge in [0.25, 0.3) is 5.56 Å². The lowest BCUT2D eigenvalue weighted by Gasteiger charge is -2.18. The van der Waals surface area contributed by atoms with Crippen molar-refractivity contribution < 1.29 is 9.53 Å². The van der Waals surface area contributed by atoms with Gasteiger partial charge in [0.2, 0.25) is 0 Å². The van der Waals surface area contributed by atoms with Crippen LogP contribution in [0.3, 0.4) is 0 Å². The Hall–Kier alpha value is -2.51. The molecule has 2 heterocycles. The van der Waals surface area contributed by atoms with Gasteiger partial charge in [-0.3, -0.25) is 14.2 Å². The molecule has 0 aliphatic heterocycles. The maximum absolute atomic E-state index is 13.5. The van der Waals surface area contributed by atoms with E-state index in [2.05, 4.69) is 6.92 Å². The zero-order valence-electron chi connectivity index (χ0n) is 17.7. The molecule has 0 spiro atoms. The molecule has 0 amide bonds. The molecule has 2 aromatic heterocycles. The molecule has 158 valence electrons. The molecule has 3 aromatic rings. The predicted octanol–water partition coefficient (Wildman–Crippen LogP) is 3.39. The largest absolute Gasteiger partial charge is 0.459 e. The minimum absolute atomic E-state index is 0.124. The number of benzene rings is 1. The van der Waals surface area contributed by atoms with E-state index in [1.807, 2.05) is 49.3 Å². The second-order valence-electron chi connectivity index (χ2n) is 8.34. The van der Waals surface area contributed by atoms with Crippen LogP contribution >= 0.6 is 11.3 Å². The molecule has 1 aromatic carbocycles. The number of esters is 1. The first kappa shape index (κ1) is 20.8. The number of thiophene rings is 1. The summed E-state index contributed by atoms with van der Waals surface area (Å²) < 4.78 is 6.93. The summed E-state index contributed by atoms with van der Waals surface area (Å²) in [6.07, 6.45) is 2.98. The average molecular weight is 426 g/mol. The first-order valence-electron chi connectivity index (χ1n) is 10.3. The lowest BCUT2D eigenvalue weighted by atomic mass is 9.89. The molecule has 0 N–H and O–H groups in total. The number of nitrogens with zero attached hydrogens (tertiary/aromatic N) is 3. The Morgan fingerprint density at radius 1 is 1.30 bits per heavy atom. The maximum atomic E-state index is 13.5. The number of rotatable bonds is 6. The fourth-order valence-corrected chi connectivity index (χ4v) is 5.34. The van der Waals surface area contributed by atoms with Crippen molar-refractivity contribution in [3.8, 4) is 0 Å². The summed E-state index contributed by atoms with van der Waals surface area (Å²) in [7, 11) is 3.85. The highest BCUT2D eigenvalue weighted by Crippen LogP contribution is 2.35. The van der Waals surface area contributed by atoms with Gasteiger partial charge < -0.3 is 9.64 Å². The Morgan fingerprint density at radius 2 is 2.07 bits per heavy atom. The fourth-order valence-electron chi connectivity index (χ4n) is 3.94. The molecule has 4 rings (SSSR count). The van der Waals surface area contributed by atoms with E-state index in [0.29, 0.717) is 23.7 Å². The van der Waals surface area contributed by atoms with Gasteiger partial charge in [0.15, 0.2) is 0 Å². The third kappa shape index (κ3) is 4.32. The number of ether oxygens (including phenoxy) is 1. The van der Waals surface area contributed by atoms with Crippen molar-refractivity contribution >= 4 is 27.5 Å². The first-order chi connectivity index (χ1) is 14.4. The smallest absolute Gasteiger partial charge is 0.326 e. The predicted molar refractivity (Wildman–Crippen MR) is 119 cm³/mol. The number of carbonyl (C=O) groups is 1. The number of fused-ring (bicyclic) bond motifs is 3. The minimum Gasteiger partial charge on any atom is -0.459 e. The molecule has 0 saturated heterocycles. The second kappa shape index (κ2) is 8.70. The summed E-state index contributed by atoms with van der Waals surface area (Å²) in [5.41, 5.74) is 1.93. The molecule has 0 bridgehead atoms. The van der Waals surface area contributed by atoms with Crippen LogP contribution in [-0.4, -0.2) is 34.5 Å². The lowest BCUT2D eigenvalue weighted by molar-refractivity contribution is -0.145. The number of aromatic nitrogens is 2. The van der Waals surface area contributed by atoms with Crippen LogP contribution in [0.4, 0.5) is 0 Å². The molecule has 0 fully saturated rings. The molecule has 1 aliphatic carbocycles. The topological polar surface area (TPSA) is 64.4 Å². The summed E-state index contributed by atoms with van der Waals surface area (Å²) in [6, 6.07) is 9.54. The van der Waals surface area contributed by atoms with Crippen molar-refractivity contribution in [2.45, 2.75) is 45.9 Å². The Labute approximate surface area is 180 Å². The third-order valence-corrected chi connectivity index (χ3v) is 6.63. The summed E-state index contributed by atoms with van der Waals surface area (Å²) in [6.45, 7) is 2.80. The van der Waals surface area contributed by atoms with Gasteiger partial charge in [-0.2, -0.15) is 0 Å². The summed E-state index contributed by atoms with van der Waals surface area (Å²) in [5, 5.41) is 0.695. The lowest BCUT2D eigenvalue weighted by Crippen LogP contribution is -2.31. The van der Waals surface area contributed by atoms with Crippen LogP contribution in [0.5, 0.6) is 0 Å². The molecular formula is C23H27N3O3S. The van der Waals surface area contributed by atoms with Crippen molar-refractivity contribution in [2.24, 2.45) is 5.92 Å². The molecule has 6 nitrogen and oxygen atoms in total. The first-order valence-corrected chi connectivity index (χ1v) is 11.1. The Balaban J connectivity index is 1.67. The molecule has 0 saturated carbocycles. The zero-order chi connectivity index (χ0) is 21.3. The van der Waals surface area contributed by atoms with Gasteiger partial charge >= 0.3 is 5.97 Å². The SMILES string of the molecule is CC1CCc2c(sc3nc(CN(C)C)n(CC(=O)OCc4ccccc4)c(=O)c23)C1. The Kier molecular flexibility index (Phi) is 6.01. The van der Waals surface area contributed by atoms with Crippen molar-refractivity contribution in [3.63, 3.8) is 0 Å². The molecule has 1 unspecified atom stereocenters. The molecule has 30 heavy (non-hydrogen) atoms. The van der Waals surface area contributed by atoms with Crippen LogP contribution in [0.1, 0.15) is 35.2 Å². The van der Waals surface area contributed by atoms with E-state index >= 15 is 0 Å². The van der Waals surface area contributed by atoms with Crippen LogP contribution in [0.15, 0.2) is 35.1 Å². The summed E-state index contributed by atoms with van der Waals surface area (Å²) in [4.78, 5) is 34.9. The van der Waals surface area contributed by atoms with E-state index in [4.69, 9.17) is 9.72 Å². The highest BCUT2D eigenvalue weighted by Gasteiger charge is 2.25. The monoisotopic (exact) mass is 425 g/mol. The van der Waals surface area contributed by atoms with Crippen molar-refractivity contribution in [3.05, 3.63) is 62.5 Å². The maximum Gasteiger partial charge on any atom is 0.326 e. The number of carbonyl (C=O) groups excluding carboxylic acids is 1. The normalized spacial score (nSPS) is 16.1. The standard InChI is InChI=1S/C23H27N3O3S/c1-15-9-10-17-18(11-15)30-22-21(17)23(28)26(19(24-22)12-25(2)3)13-20(27)29-14-16-7-5-4-6-8-16/h4-8,15H,9-14H2,1-3H3. The molecule has 0 radical (unpaired) electrons. The van der Waals surface area contributed by atoms with Crippen LogP contribution in [-0.2, 0) is 42.1 Å². The number of hydrogen-bond donors (Lipinski definition) is 0. The average Bonchev–Trinajstić information content (AvgIpc) is 3.07. The second-order valence-corrected chi connectivity index (χ2v) is 9.42. The van der Waals surface area contributed by atoms with Crippen LogP contribution in [0.2, 0.25) is 0 Å². The van der Waals surface area contributed by atoms with Crippen LogP contribution < -0.4 is 5.56 Å². The fraction of sp³-hybridized carbons (Fsp3) is 0.435. The van der Waals surface area contributed by atoms with E-state index in [-0.39, 0.29) is 18.7 Å². The van der Waals surface area contributed by atoms with Gasteiger partial charge in [0, 0.05) is 4.88 Å². The van der Waals surface area contributed by atoms with Crippen molar-refractivity contribution in [2.75, 3.05) is 14.1 Å². The van der Waals surface area contributed by atoms with E-state index in [9.17, 15) is 9.59 Å². The minimum atomic E-state index is -0.431. The highest BCUT2D eigenvalue weighted by atomic mass is 32.1. The van der Waals surface area contributed by atoms with Crippen LogP contribution in [0.25, 0.3) is 10.2 Å². The summed E-state index contributed by atoms with van der Waals surface area (Å²) >= 11 is 1.63. The van der Waals surface area contributed by atoms with E-state index in [1.165, 1.54) is 9.44 Å².